The molecule has 0 amide bonds. The van der Waals surface area contributed by atoms with Crippen molar-refractivity contribution in [3.8, 4) is 0 Å². The largest absolute Gasteiger partial charge is 0.396 e. The summed E-state index contributed by atoms with van der Waals surface area (Å²) >= 11 is 5.79. The van der Waals surface area contributed by atoms with Gasteiger partial charge in [-0.2, -0.15) is 0 Å². The molecular formula is C7H7ClN4. The van der Waals surface area contributed by atoms with E-state index < -0.39 is 0 Å². The highest BCUT2D eigenvalue weighted by atomic mass is 35.5. The number of pyridine rings is 1. The summed E-state index contributed by atoms with van der Waals surface area (Å²) in [5.41, 5.74) is 7.75. The number of anilines is 1. The van der Waals surface area contributed by atoms with Gasteiger partial charge in [0.25, 0.3) is 0 Å². The van der Waals surface area contributed by atoms with Gasteiger partial charge in [-0.05, 0) is 11.6 Å². The molecule has 0 saturated carbocycles. The van der Waals surface area contributed by atoms with Gasteiger partial charge in [0.2, 0.25) is 5.28 Å². The standard InChI is InChI=1S/C7H7ClN4/c1-12-5-3-10-2-4(9)6(5)11-7(12)8/h2-3H,9H2,1H3. The van der Waals surface area contributed by atoms with E-state index in [9.17, 15) is 0 Å². The van der Waals surface area contributed by atoms with Crippen molar-refractivity contribution in [1.29, 1.82) is 0 Å². The Kier molecular flexibility index (Phi) is 1.44. The van der Waals surface area contributed by atoms with E-state index in [2.05, 4.69) is 9.97 Å². The highest BCUT2D eigenvalue weighted by molar-refractivity contribution is 6.29. The van der Waals surface area contributed by atoms with Crippen molar-refractivity contribution >= 4 is 28.3 Å². The van der Waals surface area contributed by atoms with Crippen LogP contribution < -0.4 is 5.73 Å². The minimum atomic E-state index is 0.421. The maximum absolute atomic E-state index is 5.79. The summed E-state index contributed by atoms with van der Waals surface area (Å²) in [5.74, 6) is 0. The number of nitrogens with zero attached hydrogens (tertiary/aromatic N) is 3. The van der Waals surface area contributed by atoms with Gasteiger partial charge in [-0.25, -0.2) is 4.98 Å². The Balaban J connectivity index is 2.95. The predicted molar refractivity (Wildman–Crippen MR) is 47.9 cm³/mol. The number of halogens is 1. The third-order valence-electron chi connectivity index (χ3n) is 1.77. The molecule has 0 aliphatic heterocycles. The number of aryl methyl sites for hydroxylation is 1. The molecule has 0 spiro atoms. The molecule has 0 saturated heterocycles. The van der Waals surface area contributed by atoms with Gasteiger partial charge in [0.15, 0.2) is 0 Å². The molecule has 2 aromatic rings. The zero-order valence-electron chi connectivity index (χ0n) is 6.45. The van der Waals surface area contributed by atoms with Crippen molar-refractivity contribution in [2.45, 2.75) is 0 Å². The molecule has 62 valence electrons. The molecule has 2 aromatic heterocycles. The fourth-order valence-electron chi connectivity index (χ4n) is 1.09. The number of imidazole rings is 1. The van der Waals surface area contributed by atoms with Crippen molar-refractivity contribution in [3.63, 3.8) is 0 Å². The van der Waals surface area contributed by atoms with E-state index in [1.54, 1.807) is 17.0 Å². The van der Waals surface area contributed by atoms with Crippen LogP contribution in [0.25, 0.3) is 11.0 Å². The molecule has 4 nitrogen and oxygen atoms in total. The minimum Gasteiger partial charge on any atom is -0.396 e. The SMILES string of the molecule is Cn1c(Cl)nc2c(N)cncc21. The van der Waals surface area contributed by atoms with Crippen LogP contribution in [0.1, 0.15) is 0 Å². The average molecular weight is 183 g/mol. The number of rotatable bonds is 0. The lowest BCUT2D eigenvalue weighted by Crippen LogP contribution is -1.90. The Hall–Kier alpha value is -1.29. The zero-order chi connectivity index (χ0) is 8.72. The summed E-state index contributed by atoms with van der Waals surface area (Å²) < 4.78 is 1.74. The summed E-state index contributed by atoms with van der Waals surface area (Å²) in [4.78, 5) is 8.02. The average Bonchev–Trinajstić information content (AvgIpc) is 2.32. The van der Waals surface area contributed by atoms with Crippen LogP contribution in [-0.2, 0) is 7.05 Å². The number of nitrogens with two attached hydrogens (primary N) is 1. The van der Waals surface area contributed by atoms with Gasteiger partial charge in [-0.1, -0.05) is 0 Å². The van der Waals surface area contributed by atoms with Crippen LogP contribution in [0.4, 0.5) is 5.69 Å². The van der Waals surface area contributed by atoms with Gasteiger partial charge in [-0.15, -0.1) is 0 Å². The lowest BCUT2D eigenvalue weighted by molar-refractivity contribution is 0.946. The maximum atomic E-state index is 5.79. The van der Waals surface area contributed by atoms with Gasteiger partial charge in [0, 0.05) is 7.05 Å². The Labute approximate surface area is 74.0 Å². The highest BCUT2D eigenvalue weighted by Crippen LogP contribution is 2.21. The normalized spacial score (nSPS) is 10.8. The summed E-state index contributed by atoms with van der Waals surface area (Å²) in [7, 11) is 1.82. The molecule has 0 aromatic carbocycles. The Bertz CT molecular complexity index is 434. The van der Waals surface area contributed by atoms with E-state index in [0.29, 0.717) is 16.5 Å². The van der Waals surface area contributed by atoms with Crippen LogP contribution in [0.15, 0.2) is 12.4 Å². The molecule has 0 fully saturated rings. The van der Waals surface area contributed by atoms with Gasteiger partial charge in [0.1, 0.15) is 5.52 Å². The number of hydrogen-bond donors (Lipinski definition) is 1. The third kappa shape index (κ3) is 0.848. The number of fused-ring (bicyclic) bond motifs is 1. The number of hydrogen-bond acceptors (Lipinski definition) is 3. The second-order valence-corrected chi connectivity index (χ2v) is 2.87. The molecule has 0 atom stereocenters. The quantitative estimate of drug-likeness (QED) is 0.666. The third-order valence-corrected chi connectivity index (χ3v) is 2.11. The maximum Gasteiger partial charge on any atom is 0.203 e. The number of aromatic nitrogens is 3. The molecule has 0 aliphatic rings. The first kappa shape index (κ1) is 7.36. The second-order valence-electron chi connectivity index (χ2n) is 2.54. The lowest BCUT2D eigenvalue weighted by Gasteiger charge is -1.94. The first-order valence-electron chi connectivity index (χ1n) is 3.41. The van der Waals surface area contributed by atoms with Crippen LogP contribution in [-0.4, -0.2) is 14.5 Å². The van der Waals surface area contributed by atoms with Crippen molar-refractivity contribution in [2.75, 3.05) is 5.73 Å². The Morgan fingerprint density at radius 3 is 2.92 bits per heavy atom. The second kappa shape index (κ2) is 2.35. The molecule has 2 heterocycles. The van der Waals surface area contributed by atoms with E-state index in [0.717, 1.165) is 5.52 Å². The Morgan fingerprint density at radius 2 is 2.25 bits per heavy atom. The van der Waals surface area contributed by atoms with Crippen molar-refractivity contribution in [2.24, 2.45) is 7.05 Å². The molecule has 5 heteroatoms. The van der Waals surface area contributed by atoms with Gasteiger partial charge in [-0.3, -0.25) is 4.98 Å². The fourth-order valence-corrected chi connectivity index (χ4v) is 1.27. The molecule has 0 aliphatic carbocycles. The Morgan fingerprint density at radius 1 is 1.50 bits per heavy atom. The van der Waals surface area contributed by atoms with E-state index >= 15 is 0 Å². The highest BCUT2D eigenvalue weighted by Gasteiger charge is 2.07. The molecule has 2 rings (SSSR count). The molecular weight excluding hydrogens is 176 g/mol. The molecule has 12 heavy (non-hydrogen) atoms. The van der Waals surface area contributed by atoms with Crippen molar-refractivity contribution < 1.29 is 0 Å². The van der Waals surface area contributed by atoms with Crippen molar-refractivity contribution in [3.05, 3.63) is 17.7 Å². The predicted octanol–water partition coefficient (Wildman–Crippen LogP) is 1.20. The van der Waals surface area contributed by atoms with Crippen LogP contribution in [0.2, 0.25) is 5.28 Å². The van der Waals surface area contributed by atoms with Crippen LogP contribution in [0.3, 0.4) is 0 Å². The van der Waals surface area contributed by atoms with Gasteiger partial charge in [0.05, 0.1) is 23.6 Å². The minimum absolute atomic E-state index is 0.421. The smallest absolute Gasteiger partial charge is 0.203 e. The van der Waals surface area contributed by atoms with Crippen molar-refractivity contribution in [1.82, 2.24) is 14.5 Å². The van der Waals surface area contributed by atoms with E-state index in [1.165, 1.54) is 0 Å². The van der Waals surface area contributed by atoms with Gasteiger partial charge >= 0.3 is 0 Å². The lowest BCUT2D eigenvalue weighted by atomic mass is 10.4. The monoisotopic (exact) mass is 182 g/mol. The van der Waals surface area contributed by atoms with Crippen LogP contribution in [0, 0.1) is 0 Å². The summed E-state index contributed by atoms with van der Waals surface area (Å²) in [6.07, 6.45) is 3.25. The van der Waals surface area contributed by atoms with Crippen LogP contribution in [0.5, 0.6) is 0 Å². The van der Waals surface area contributed by atoms with E-state index in [4.69, 9.17) is 17.3 Å². The topological polar surface area (TPSA) is 56.7 Å². The fraction of sp³-hybridized carbons (Fsp3) is 0.143. The first-order chi connectivity index (χ1) is 5.70. The van der Waals surface area contributed by atoms with E-state index in [-0.39, 0.29) is 0 Å². The molecule has 0 radical (unpaired) electrons. The molecule has 0 bridgehead atoms. The molecule has 0 unspecified atom stereocenters. The zero-order valence-corrected chi connectivity index (χ0v) is 7.21. The number of nitrogen functional groups attached to an aromatic ring is 1. The summed E-state index contributed by atoms with van der Waals surface area (Å²) in [6, 6.07) is 0. The van der Waals surface area contributed by atoms with Crippen LogP contribution >= 0.6 is 11.6 Å². The van der Waals surface area contributed by atoms with E-state index in [1.807, 2.05) is 7.05 Å². The summed E-state index contributed by atoms with van der Waals surface area (Å²) in [6.45, 7) is 0. The summed E-state index contributed by atoms with van der Waals surface area (Å²) in [5, 5.41) is 0.421. The van der Waals surface area contributed by atoms with Gasteiger partial charge < -0.3 is 10.3 Å². The first-order valence-corrected chi connectivity index (χ1v) is 3.79. The molecule has 2 N–H and O–H groups in total.